The summed E-state index contributed by atoms with van der Waals surface area (Å²) < 4.78 is 10.9. The number of benzene rings is 1. The molecule has 31 heavy (non-hydrogen) atoms. The maximum absolute atomic E-state index is 12.6. The van der Waals surface area contributed by atoms with Crippen LogP contribution in [0.1, 0.15) is 52.7 Å². The lowest BCUT2D eigenvalue weighted by Gasteiger charge is -2.26. The van der Waals surface area contributed by atoms with E-state index >= 15 is 0 Å². The average Bonchev–Trinajstić information content (AvgIpc) is 2.62. The van der Waals surface area contributed by atoms with E-state index < -0.39 is 34.2 Å². The molecule has 1 aromatic carbocycles. The standard InChI is InChI=1S/C21H33N3O7/c1-20(2,3)30-13-17(23-19(27)31-21(4,5)6)18(26)22-10-9-14-7-8-16(24(28)29)11-15(14)12-25/h7-8,11,17,25H,9-10,12-13H2,1-6H3,(H,22,26)(H,23,27)/t17-/m0/s1. The molecule has 0 bridgehead atoms. The topological polar surface area (TPSA) is 140 Å². The van der Waals surface area contributed by atoms with Gasteiger partial charge in [-0.05, 0) is 59.1 Å². The van der Waals surface area contributed by atoms with Crippen molar-refractivity contribution >= 4 is 17.7 Å². The second kappa shape index (κ2) is 11.1. The largest absolute Gasteiger partial charge is 0.444 e. The van der Waals surface area contributed by atoms with Crippen LogP contribution in [-0.4, -0.2) is 52.4 Å². The quantitative estimate of drug-likeness (QED) is 0.396. The van der Waals surface area contributed by atoms with Gasteiger partial charge in [0.15, 0.2) is 0 Å². The highest BCUT2D eigenvalue weighted by molar-refractivity contribution is 5.85. The molecule has 174 valence electrons. The second-order valence-electron chi connectivity index (χ2n) is 9.03. The maximum Gasteiger partial charge on any atom is 0.408 e. The smallest absolute Gasteiger partial charge is 0.408 e. The first kappa shape index (κ1) is 26.3. The molecule has 0 saturated heterocycles. The van der Waals surface area contributed by atoms with Gasteiger partial charge in [0.05, 0.1) is 23.7 Å². The molecule has 0 aliphatic rings. The summed E-state index contributed by atoms with van der Waals surface area (Å²) in [5, 5.41) is 25.6. The number of hydrogen-bond acceptors (Lipinski definition) is 7. The number of nitro groups is 1. The lowest BCUT2D eigenvalue weighted by molar-refractivity contribution is -0.385. The minimum Gasteiger partial charge on any atom is -0.444 e. The highest BCUT2D eigenvalue weighted by atomic mass is 16.6. The van der Waals surface area contributed by atoms with Crippen LogP contribution in [0.4, 0.5) is 10.5 Å². The Hall–Kier alpha value is -2.72. The molecule has 0 radical (unpaired) electrons. The van der Waals surface area contributed by atoms with Gasteiger partial charge >= 0.3 is 6.09 Å². The van der Waals surface area contributed by atoms with Crippen LogP contribution in [0, 0.1) is 10.1 Å². The zero-order valence-electron chi connectivity index (χ0n) is 19.0. The number of nitrogens with one attached hydrogen (secondary N) is 2. The summed E-state index contributed by atoms with van der Waals surface area (Å²) in [4.78, 5) is 35.1. The van der Waals surface area contributed by atoms with Gasteiger partial charge in [0.2, 0.25) is 5.91 Å². The third-order valence-electron chi connectivity index (χ3n) is 3.96. The minimum atomic E-state index is -0.969. The van der Waals surface area contributed by atoms with Crippen LogP contribution >= 0.6 is 0 Å². The van der Waals surface area contributed by atoms with Crippen molar-refractivity contribution in [3.05, 3.63) is 39.4 Å². The van der Waals surface area contributed by atoms with Crippen LogP contribution in [0.25, 0.3) is 0 Å². The molecule has 0 saturated carbocycles. The lowest BCUT2D eigenvalue weighted by Crippen LogP contribution is -2.51. The number of nitro benzene ring substituents is 1. The van der Waals surface area contributed by atoms with E-state index in [4.69, 9.17) is 9.47 Å². The highest BCUT2D eigenvalue weighted by Crippen LogP contribution is 2.18. The number of hydrogen-bond donors (Lipinski definition) is 3. The number of carbonyl (C=O) groups excluding carboxylic acids is 2. The van der Waals surface area contributed by atoms with Crippen LogP contribution in [-0.2, 0) is 27.3 Å². The van der Waals surface area contributed by atoms with Gasteiger partial charge in [-0.25, -0.2) is 4.79 Å². The summed E-state index contributed by atoms with van der Waals surface area (Å²) in [5.74, 6) is -0.456. The predicted molar refractivity (Wildman–Crippen MR) is 115 cm³/mol. The third kappa shape index (κ3) is 10.2. The Bertz CT molecular complexity index is 782. The Balaban J connectivity index is 2.77. The van der Waals surface area contributed by atoms with Crippen LogP contribution in [0.15, 0.2) is 18.2 Å². The molecular formula is C21H33N3O7. The Morgan fingerprint density at radius 1 is 1.13 bits per heavy atom. The highest BCUT2D eigenvalue weighted by Gasteiger charge is 2.26. The second-order valence-corrected chi connectivity index (χ2v) is 9.03. The summed E-state index contributed by atoms with van der Waals surface area (Å²) in [7, 11) is 0. The molecule has 0 spiro atoms. The van der Waals surface area contributed by atoms with Crippen molar-refractivity contribution in [1.29, 1.82) is 0 Å². The Morgan fingerprint density at radius 3 is 2.29 bits per heavy atom. The van der Waals surface area contributed by atoms with E-state index in [0.29, 0.717) is 17.5 Å². The third-order valence-corrected chi connectivity index (χ3v) is 3.96. The molecule has 10 nitrogen and oxygen atoms in total. The van der Waals surface area contributed by atoms with Crippen molar-refractivity contribution in [1.82, 2.24) is 10.6 Å². The van der Waals surface area contributed by atoms with Gasteiger partial charge in [0, 0.05) is 18.7 Å². The minimum absolute atomic E-state index is 0.0476. The van der Waals surface area contributed by atoms with Crippen molar-refractivity contribution in [2.45, 2.75) is 71.8 Å². The zero-order chi connectivity index (χ0) is 23.8. The van der Waals surface area contributed by atoms with E-state index in [1.165, 1.54) is 12.1 Å². The van der Waals surface area contributed by atoms with Gasteiger partial charge in [-0.2, -0.15) is 0 Å². The van der Waals surface area contributed by atoms with Gasteiger partial charge in [-0.15, -0.1) is 0 Å². The normalized spacial score (nSPS) is 12.7. The van der Waals surface area contributed by atoms with Crippen LogP contribution in [0.2, 0.25) is 0 Å². The number of carbonyl (C=O) groups is 2. The lowest BCUT2D eigenvalue weighted by atomic mass is 10.0. The van der Waals surface area contributed by atoms with Gasteiger partial charge in [-0.3, -0.25) is 14.9 Å². The molecule has 0 heterocycles. The molecule has 0 unspecified atom stereocenters. The fraction of sp³-hybridized carbons (Fsp3) is 0.619. The van der Waals surface area contributed by atoms with E-state index in [-0.39, 0.29) is 25.4 Å². The van der Waals surface area contributed by atoms with Crippen molar-refractivity contribution in [2.24, 2.45) is 0 Å². The summed E-state index contributed by atoms with van der Waals surface area (Å²) in [6, 6.07) is 3.24. The zero-order valence-corrected chi connectivity index (χ0v) is 19.0. The molecular weight excluding hydrogens is 406 g/mol. The van der Waals surface area contributed by atoms with Crippen molar-refractivity contribution in [3.8, 4) is 0 Å². The molecule has 0 aliphatic heterocycles. The molecule has 10 heteroatoms. The molecule has 0 aromatic heterocycles. The van der Waals surface area contributed by atoms with Gasteiger partial charge in [0.25, 0.3) is 5.69 Å². The van der Waals surface area contributed by atoms with Crippen molar-refractivity contribution < 1.29 is 29.1 Å². The summed E-state index contributed by atoms with van der Waals surface area (Å²) in [6.07, 6.45) is -0.387. The number of amides is 2. The molecule has 0 aliphatic carbocycles. The number of ether oxygens (including phenoxy) is 2. The monoisotopic (exact) mass is 439 g/mol. The molecule has 3 N–H and O–H groups in total. The van der Waals surface area contributed by atoms with Gasteiger partial charge in [-0.1, -0.05) is 6.07 Å². The number of nitrogens with zero attached hydrogens (tertiary/aromatic N) is 1. The van der Waals surface area contributed by atoms with E-state index in [9.17, 15) is 24.8 Å². The number of non-ortho nitro benzene ring substituents is 1. The molecule has 1 atom stereocenters. The SMILES string of the molecule is CC(C)(C)OC[C@H](NC(=O)OC(C)(C)C)C(=O)NCCc1ccc([N+](=O)[O-])cc1CO. The van der Waals surface area contributed by atoms with Crippen LogP contribution in [0.3, 0.4) is 0 Å². The molecule has 2 amide bonds. The summed E-state index contributed by atoms with van der Waals surface area (Å²) >= 11 is 0. The fourth-order valence-corrected chi connectivity index (χ4v) is 2.53. The molecule has 0 fully saturated rings. The Labute approximate surface area is 182 Å². The van der Waals surface area contributed by atoms with Crippen LogP contribution < -0.4 is 10.6 Å². The Morgan fingerprint density at radius 2 is 1.77 bits per heavy atom. The van der Waals surface area contributed by atoms with Crippen LogP contribution in [0.5, 0.6) is 0 Å². The maximum atomic E-state index is 12.6. The van der Waals surface area contributed by atoms with E-state index in [0.717, 1.165) is 0 Å². The molecule has 1 rings (SSSR count). The Kier molecular flexibility index (Phi) is 9.39. The van der Waals surface area contributed by atoms with Crippen molar-refractivity contribution in [2.75, 3.05) is 13.2 Å². The fourth-order valence-electron chi connectivity index (χ4n) is 2.53. The average molecular weight is 440 g/mol. The van der Waals surface area contributed by atoms with Gasteiger partial charge in [0.1, 0.15) is 11.6 Å². The summed E-state index contributed by atoms with van der Waals surface area (Å²) in [6.45, 7) is 10.5. The number of aliphatic hydroxyl groups excluding tert-OH is 1. The van der Waals surface area contributed by atoms with E-state index in [1.54, 1.807) is 26.8 Å². The van der Waals surface area contributed by atoms with Gasteiger partial charge < -0.3 is 25.2 Å². The van der Waals surface area contributed by atoms with E-state index in [1.807, 2.05) is 20.8 Å². The molecule has 1 aromatic rings. The summed E-state index contributed by atoms with van der Waals surface area (Å²) in [5.41, 5.74) is -0.244. The first-order chi connectivity index (χ1) is 14.2. The number of aliphatic hydroxyl groups is 1. The first-order valence-electron chi connectivity index (χ1n) is 10.00. The predicted octanol–water partition coefficient (Wildman–Crippen LogP) is 2.45. The first-order valence-corrected chi connectivity index (χ1v) is 10.00. The van der Waals surface area contributed by atoms with E-state index in [2.05, 4.69) is 10.6 Å². The number of alkyl carbamates (subject to hydrolysis) is 1. The van der Waals surface area contributed by atoms with Crippen molar-refractivity contribution in [3.63, 3.8) is 0 Å². The number of rotatable bonds is 9.